The Hall–Kier alpha value is -1.89. The van der Waals surface area contributed by atoms with E-state index in [9.17, 15) is 9.18 Å². The summed E-state index contributed by atoms with van der Waals surface area (Å²) in [6.07, 6.45) is 4.62. The number of nitrogens with one attached hydrogen (secondary N) is 1. The number of hydrogen-bond acceptors (Lipinski definition) is 5. The fraction of sp³-hybridized carbons (Fsp3) is 0.714. The number of carbonyl (C=O) groups is 1. The molecule has 0 bridgehead atoms. The summed E-state index contributed by atoms with van der Waals surface area (Å²) in [6, 6.07) is 3.20. The lowest BCUT2D eigenvalue weighted by atomic mass is 10.1. The smallest absolute Gasteiger partial charge is 0.270 e. The second kappa shape index (κ2) is 10.0. The van der Waals surface area contributed by atoms with E-state index in [1.165, 1.54) is 12.8 Å². The first-order valence-corrected chi connectivity index (χ1v) is 10.2. The molecule has 28 heavy (non-hydrogen) atoms. The molecule has 156 valence electrons. The first-order chi connectivity index (χ1) is 14.2. The molecule has 2 fully saturated rings. The maximum absolute atomic E-state index is 13.0. The number of rotatable bonds is 11. The minimum absolute atomic E-state index is 0.0176. The maximum atomic E-state index is 13.0. The normalized spacial score (nSPS) is 19.4. The van der Waals surface area contributed by atoms with Crippen LogP contribution in [0.15, 0.2) is 12.1 Å². The van der Waals surface area contributed by atoms with Crippen molar-refractivity contribution in [2.24, 2.45) is 11.8 Å². The molecule has 1 N–H and O–H groups in total. The van der Waals surface area contributed by atoms with Gasteiger partial charge in [-0.15, -0.1) is 0 Å². The van der Waals surface area contributed by atoms with Crippen molar-refractivity contribution >= 4 is 11.6 Å². The molecule has 0 spiro atoms. The van der Waals surface area contributed by atoms with Gasteiger partial charge in [-0.05, 0) is 49.7 Å². The Bertz CT molecular complexity index is 720. The SMILES string of the molecule is [2H]C([2H])(F)COC[C@@H](NC(=O)c1ccc(N2CCCC2)c(OCC2CC2)n1)C(C)C. The molecule has 1 amide bonds. The van der Waals surface area contributed by atoms with Crippen molar-refractivity contribution in [3.63, 3.8) is 0 Å². The van der Waals surface area contributed by atoms with Gasteiger partial charge in [-0.3, -0.25) is 4.79 Å². The number of aromatic nitrogens is 1. The van der Waals surface area contributed by atoms with Crippen LogP contribution >= 0.6 is 0 Å². The van der Waals surface area contributed by atoms with E-state index in [0.29, 0.717) is 18.4 Å². The highest BCUT2D eigenvalue weighted by Gasteiger charge is 2.25. The fourth-order valence-electron chi connectivity index (χ4n) is 3.21. The zero-order valence-corrected chi connectivity index (χ0v) is 16.7. The molecule has 0 unspecified atom stereocenters. The molecule has 2 heterocycles. The van der Waals surface area contributed by atoms with Gasteiger partial charge in [0, 0.05) is 13.1 Å². The Labute approximate surface area is 169 Å². The second-order valence-electron chi connectivity index (χ2n) is 7.94. The summed E-state index contributed by atoms with van der Waals surface area (Å²) in [7, 11) is 0. The van der Waals surface area contributed by atoms with E-state index in [4.69, 9.17) is 12.2 Å². The maximum Gasteiger partial charge on any atom is 0.270 e. The van der Waals surface area contributed by atoms with Crippen molar-refractivity contribution in [2.75, 3.05) is 44.4 Å². The molecule has 0 aromatic carbocycles. The van der Waals surface area contributed by atoms with Crippen molar-refractivity contribution < 1.29 is 21.4 Å². The molecular formula is C21H32FN3O3. The predicted molar refractivity (Wildman–Crippen MR) is 107 cm³/mol. The highest BCUT2D eigenvalue weighted by molar-refractivity contribution is 5.93. The predicted octanol–water partition coefficient (Wildman–Crippen LogP) is 3.21. The molecule has 1 saturated heterocycles. The van der Waals surface area contributed by atoms with Crippen LogP contribution in [0.3, 0.4) is 0 Å². The minimum atomic E-state index is -2.90. The third kappa shape index (κ3) is 5.80. The van der Waals surface area contributed by atoms with E-state index < -0.39 is 19.3 Å². The third-order valence-corrected chi connectivity index (χ3v) is 5.25. The first-order valence-electron chi connectivity index (χ1n) is 11.2. The van der Waals surface area contributed by atoms with Crippen molar-refractivity contribution in [1.82, 2.24) is 10.3 Å². The van der Waals surface area contributed by atoms with Crippen LogP contribution in [0.1, 0.15) is 52.8 Å². The average Bonchev–Trinajstić information content (AvgIpc) is 3.35. The van der Waals surface area contributed by atoms with Gasteiger partial charge in [-0.1, -0.05) is 13.8 Å². The number of amides is 1. The van der Waals surface area contributed by atoms with Crippen LogP contribution in [0.4, 0.5) is 10.1 Å². The van der Waals surface area contributed by atoms with Crippen LogP contribution in [0.5, 0.6) is 5.88 Å². The lowest BCUT2D eigenvalue weighted by Gasteiger charge is -2.23. The monoisotopic (exact) mass is 395 g/mol. The standard InChI is InChI=1S/C21H32FN3O3/c1-15(2)18(14-27-12-9-22)23-20(26)17-7-8-19(25-10-3-4-11-25)21(24-17)28-13-16-5-6-16/h7-8,15-16,18H,3-6,9-14H2,1-2H3,(H,23,26)/t18-/m1/s1/i9D2. The minimum Gasteiger partial charge on any atom is -0.476 e. The molecule has 1 saturated carbocycles. The van der Waals surface area contributed by atoms with Crippen LogP contribution in [-0.4, -0.2) is 56.5 Å². The fourth-order valence-corrected chi connectivity index (χ4v) is 3.21. The number of halogens is 1. The number of carbonyl (C=O) groups excluding carboxylic acids is 1. The Kier molecular flexibility index (Phi) is 6.52. The summed E-state index contributed by atoms with van der Waals surface area (Å²) >= 11 is 0. The van der Waals surface area contributed by atoms with Gasteiger partial charge in [-0.2, -0.15) is 0 Å². The van der Waals surface area contributed by atoms with Gasteiger partial charge >= 0.3 is 0 Å². The van der Waals surface area contributed by atoms with Crippen LogP contribution in [0.25, 0.3) is 0 Å². The molecule has 6 nitrogen and oxygen atoms in total. The molecule has 3 rings (SSSR count). The highest BCUT2D eigenvalue weighted by Crippen LogP contribution is 2.33. The van der Waals surface area contributed by atoms with Gasteiger partial charge in [0.05, 0.1) is 34.3 Å². The zero-order chi connectivity index (χ0) is 21.7. The Balaban J connectivity index is 1.67. The molecule has 2 aliphatic rings. The number of hydrogen-bond donors (Lipinski definition) is 1. The molecular weight excluding hydrogens is 361 g/mol. The summed E-state index contributed by atoms with van der Waals surface area (Å²) in [5.41, 5.74) is 1.19. The summed E-state index contributed by atoms with van der Waals surface area (Å²) < 4.78 is 37.9. The van der Waals surface area contributed by atoms with E-state index in [0.717, 1.165) is 31.6 Å². The van der Waals surface area contributed by atoms with Crippen LogP contribution < -0.4 is 15.0 Å². The third-order valence-electron chi connectivity index (χ3n) is 5.25. The molecule has 1 aromatic rings. The first kappa shape index (κ1) is 18.2. The van der Waals surface area contributed by atoms with E-state index in [2.05, 4.69) is 15.2 Å². The number of nitrogens with zero attached hydrogens (tertiary/aromatic N) is 2. The van der Waals surface area contributed by atoms with Gasteiger partial charge in [0.15, 0.2) is 0 Å². The van der Waals surface area contributed by atoms with Crippen molar-refractivity contribution in [3.05, 3.63) is 17.8 Å². The molecule has 1 aliphatic heterocycles. The number of pyridine rings is 1. The van der Waals surface area contributed by atoms with Crippen molar-refractivity contribution in [3.8, 4) is 5.88 Å². The lowest BCUT2D eigenvalue weighted by molar-refractivity contribution is 0.0730. The summed E-state index contributed by atoms with van der Waals surface area (Å²) in [6.45, 7) is 2.80. The quantitative estimate of drug-likeness (QED) is 0.623. The van der Waals surface area contributed by atoms with Gasteiger partial charge in [0.25, 0.3) is 5.91 Å². The van der Waals surface area contributed by atoms with Gasteiger partial charge in [0.2, 0.25) is 5.88 Å². The molecule has 7 heteroatoms. The van der Waals surface area contributed by atoms with Crippen LogP contribution in [0, 0.1) is 11.8 Å². The van der Waals surface area contributed by atoms with E-state index in [1.54, 1.807) is 6.07 Å². The Morgan fingerprint density at radius 1 is 1.39 bits per heavy atom. The zero-order valence-electron chi connectivity index (χ0n) is 18.7. The average molecular weight is 396 g/mol. The van der Waals surface area contributed by atoms with Crippen LogP contribution in [0.2, 0.25) is 0 Å². The van der Waals surface area contributed by atoms with Gasteiger partial charge in [0.1, 0.15) is 12.3 Å². The number of alkyl halides is 1. The Morgan fingerprint density at radius 3 is 2.79 bits per heavy atom. The lowest BCUT2D eigenvalue weighted by Crippen LogP contribution is -2.42. The summed E-state index contributed by atoms with van der Waals surface area (Å²) in [5.74, 6) is 0.744. The van der Waals surface area contributed by atoms with Crippen LogP contribution in [-0.2, 0) is 4.74 Å². The van der Waals surface area contributed by atoms with Gasteiger partial charge in [-0.25, -0.2) is 9.37 Å². The largest absolute Gasteiger partial charge is 0.476 e. The highest BCUT2D eigenvalue weighted by atomic mass is 19.1. The second-order valence-corrected chi connectivity index (χ2v) is 7.94. The van der Waals surface area contributed by atoms with Gasteiger partial charge < -0.3 is 19.7 Å². The van der Waals surface area contributed by atoms with E-state index in [1.807, 2.05) is 19.9 Å². The number of ether oxygens (including phenoxy) is 2. The number of anilines is 1. The topological polar surface area (TPSA) is 63.7 Å². The molecule has 0 radical (unpaired) electrons. The molecule has 1 aromatic heterocycles. The summed E-state index contributed by atoms with van der Waals surface area (Å²) in [5, 5.41) is 2.87. The Morgan fingerprint density at radius 2 is 2.14 bits per heavy atom. The summed E-state index contributed by atoms with van der Waals surface area (Å²) in [4.78, 5) is 19.6. The van der Waals surface area contributed by atoms with Crippen molar-refractivity contribution in [2.45, 2.75) is 45.6 Å². The van der Waals surface area contributed by atoms with E-state index >= 15 is 0 Å². The van der Waals surface area contributed by atoms with E-state index in [-0.39, 0.29) is 24.1 Å². The molecule has 1 aliphatic carbocycles. The van der Waals surface area contributed by atoms with Crippen molar-refractivity contribution in [1.29, 1.82) is 0 Å². The molecule has 1 atom stereocenters.